The van der Waals surface area contributed by atoms with Crippen LogP contribution in [0.25, 0.3) is 0 Å². The highest BCUT2D eigenvalue weighted by Gasteiger charge is 2.25. The Morgan fingerprint density at radius 3 is 2.75 bits per heavy atom. The molecule has 4 N–H and O–H groups in total. The van der Waals surface area contributed by atoms with E-state index in [0.717, 1.165) is 25.9 Å². The molecule has 1 heterocycles. The highest BCUT2D eigenvalue weighted by atomic mass is 16.2. The molecule has 0 radical (unpaired) electrons. The van der Waals surface area contributed by atoms with Crippen LogP contribution in [0.1, 0.15) is 19.3 Å². The molecule has 0 saturated carbocycles. The Labute approximate surface area is 72.9 Å². The number of amides is 1. The number of unbranched alkanes of at least 4 members (excludes halogenated alkanes) is 1. The number of carbonyl (C=O) groups is 1. The lowest BCUT2D eigenvalue weighted by atomic mass is 10.3. The summed E-state index contributed by atoms with van der Waals surface area (Å²) < 4.78 is 0. The molecule has 0 aromatic carbocycles. The zero-order chi connectivity index (χ0) is 8.97. The molecular weight excluding hydrogens is 154 g/mol. The molecule has 1 aliphatic rings. The van der Waals surface area contributed by atoms with Crippen LogP contribution in [0, 0.1) is 0 Å². The summed E-state index contributed by atoms with van der Waals surface area (Å²) in [6.45, 7) is 2.25. The van der Waals surface area contributed by atoms with Gasteiger partial charge in [0, 0.05) is 25.6 Å². The van der Waals surface area contributed by atoms with Crippen LogP contribution in [0.15, 0.2) is 0 Å². The molecule has 4 heteroatoms. The molecule has 0 aromatic heterocycles. The van der Waals surface area contributed by atoms with Gasteiger partial charge in [-0.3, -0.25) is 4.79 Å². The van der Waals surface area contributed by atoms with E-state index in [0.29, 0.717) is 13.0 Å². The van der Waals surface area contributed by atoms with Crippen LogP contribution < -0.4 is 11.5 Å². The summed E-state index contributed by atoms with van der Waals surface area (Å²) in [6, 6.07) is 0.0513. The molecule has 1 aliphatic heterocycles. The fourth-order valence-corrected chi connectivity index (χ4v) is 1.47. The van der Waals surface area contributed by atoms with Crippen LogP contribution in [0.4, 0.5) is 0 Å². The van der Waals surface area contributed by atoms with Crippen LogP contribution >= 0.6 is 0 Å². The topological polar surface area (TPSA) is 72.3 Å². The SMILES string of the molecule is NCCCCN1CC(N)CC1=O. The van der Waals surface area contributed by atoms with Crippen molar-refractivity contribution in [3.8, 4) is 0 Å². The lowest BCUT2D eigenvalue weighted by molar-refractivity contribution is -0.127. The first-order valence-electron chi connectivity index (χ1n) is 4.47. The maximum absolute atomic E-state index is 11.2. The standard InChI is InChI=1S/C8H17N3O/c9-3-1-2-4-11-6-7(10)5-8(11)12/h7H,1-6,9-10H2. The lowest BCUT2D eigenvalue weighted by Gasteiger charge is -2.14. The molecule has 1 amide bonds. The van der Waals surface area contributed by atoms with E-state index < -0.39 is 0 Å². The molecule has 4 nitrogen and oxygen atoms in total. The van der Waals surface area contributed by atoms with Crippen molar-refractivity contribution in [2.75, 3.05) is 19.6 Å². The van der Waals surface area contributed by atoms with Crippen molar-refractivity contribution in [1.29, 1.82) is 0 Å². The first kappa shape index (κ1) is 9.48. The fourth-order valence-electron chi connectivity index (χ4n) is 1.47. The van der Waals surface area contributed by atoms with Gasteiger partial charge in [-0.1, -0.05) is 0 Å². The average Bonchev–Trinajstić information content (AvgIpc) is 2.31. The van der Waals surface area contributed by atoms with Crippen molar-refractivity contribution in [1.82, 2.24) is 4.90 Å². The molecular formula is C8H17N3O. The van der Waals surface area contributed by atoms with Crippen molar-refractivity contribution >= 4 is 5.91 Å². The number of hydrogen-bond acceptors (Lipinski definition) is 3. The minimum atomic E-state index is 0.0513. The molecule has 1 atom stereocenters. The van der Waals surface area contributed by atoms with E-state index in [4.69, 9.17) is 11.5 Å². The van der Waals surface area contributed by atoms with Crippen LogP contribution in [0.5, 0.6) is 0 Å². The molecule has 1 fully saturated rings. The quantitative estimate of drug-likeness (QED) is 0.549. The van der Waals surface area contributed by atoms with E-state index in [1.165, 1.54) is 0 Å². The normalized spacial score (nSPS) is 23.7. The molecule has 0 spiro atoms. The van der Waals surface area contributed by atoms with Crippen molar-refractivity contribution in [3.05, 3.63) is 0 Å². The second kappa shape index (κ2) is 4.42. The van der Waals surface area contributed by atoms with E-state index in [9.17, 15) is 4.79 Å². The maximum atomic E-state index is 11.2. The second-order valence-electron chi connectivity index (χ2n) is 3.30. The number of nitrogens with zero attached hydrogens (tertiary/aromatic N) is 1. The molecule has 0 aromatic rings. The summed E-state index contributed by atoms with van der Waals surface area (Å²) >= 11 is 0. The summed E-state index contributed by atoms with van der Waals surface area (Å²) in [5, 5.41) is 0. The summed E-state index contributed by atoms with van der Waals surface area (Å²) in [5.74, 6) is 0.194. The molecule has 1 saturated heterocycles. The summed E-state index contributed by atoms with van der Waals surface area (Å²) in [4.78, 5) is 13.0. The van der Waals surface area contributed by atoms with Gasteiger partial charge in [-0.05, 0) is 19.4 Å². The highest BCUT2D eigenvalue weighted by molar-refractivity contribution is 5.79. The first-order chi connectivity index (χ1) is 5.74. The Morgan fingerprint density at radius 1 is 1.50 bits per heavy atom. The Kier molecular flexibility index (Phi) is 3.49. The number of rotatable bonds is 4. The van der Waals surface area contributed by atoms with Gasteiger partial charge < -0.3 is 16.4 Å². The minimum Gasteiger partial charge on any atom is -0.341 e. The largest absolute Gasteiger partial charge is 0.341 e. The molecule has 0 bridgehead atoms. The smallest absolute Gasteiger partial charge is 0.224 e. The molecule has 12 heavy (non-hydrogen) atoms. The Morgan fingerprint density at radius 2 is 2.25 bits per heavy atom. The van der Waals surface area contributed by atoms with E-state index >= 15 is 0 Å². The number of hydrogen-bond donors (Lipinski definition) is 2. The zero-order valence-electron chi connectivity index (χ0n) is 7.33. The van der Waals surface area contributed by atoms with E-state index in [1.807, 2.05) is 4.90 Å². The average molecular weight is 171 g/mol. The fraction of sp³-hybridized carbons (Fsp3) is 0.875. The van der Waals surface area contributed by atoms with Crippen LogP contribution in [-0.4, -0.2) is 36.5 Å². The van der Waals surface area contributed by atoms with Crippen molar-refractivity contribution < 1.29 is 4.79 Å². The maximum Gasteiger partial charge on any atom is 0.224 e. The van der Waals surface area contributed by atoms with Crippen molar-refractivity contribution in [2.45, 2.75) is 25.3 Å². The number of nitrogens with two attached hydrogens (primary N) is 2. The van der Waals surface area contributed by atoms with Gasteiger partial charge in [-0.2, -0.15) is 0 Å². The van der Waals surface area contributed by atoms with E-state index in [2.05, 4.69) is 0 Å². The molecule has 70 valence electrons. The number of carbonyl (C=O) groups excluding carboxylic acids is 1. The van der Waals surface area contributed by atoms with Gasteiger partial charge in [-0.15, -0.1) is 0 Å². The predicted molar refractivity (Wildman–Crippen MR) is 47.5 cm³/mol. The second-order valence-corrected chi connectivity index (χ2v) is 3.30. The summed E-state index contributed by atoms with van der Waals surface area (Å²) in [5.41, 5.74) is 11.0. The third kappa shape index (κ3) is 2.46. The Balaban J connectivity index is 2.19. The monoisotopic (exact) mass is 171 g/mol. The third-order valence-electron chi connectivity index (χ3n) is 2.13. The molecule has 1 unspecified atom stereocenters. The van der Waals surface area contributed by atoms with Gasteiger partial charge in [0.1, 0.15) is 0 Å². The van der Waals surface area contributed by atoms with E-state index in [1.54, 1.807) is 0 Å². The summed E-state index contributed by atoms with van der Waals surface area (Å²) in [7, 11) is 0. The van der Waals surface area contributed by atoms with Crippen molar-refractivity contribution in [2.24, 2.45) is 11.5 Å². The van der Waals surface area contributed by atoms with Gasteiger partial charge in [-0.25, -0.2) is 0 Å². The molecule has 0 aliphatic carbocycles. The highest BCUT2D eigenvalue weighted by Crippen LogP contribution is 2.09. The Bertz CT molecular complexity index is 160. The molecule has 1 rings (SSSR count). The van der Waals surface area contributed by atoms with E-state index in [-0.39, 0.29) is 11.9 Å². The predicted octanol–water partition coefficient (Wildman–Crippen LogP) is -0.715. The Hall–Kier alpha value is -0.610. The first-order valence-corrected chi connectivity index (χ1v) is 4.47. The van der Waals surface area contributed by atoms with Gasteiger partial charge in [0.05, 0.1) is 0 Å². The van der Waals surface area contributed by atoms with Gasteiger partial charge in [0.15, 0.2) is 0 Å². The van der Waals surface area contributed by atoms with Gasteiger partial charge in [0.25, 0.3) is 0 Å². The minimum absolute atomic E-state index is 0.0513. The lowest BCUT2D eigenvalue weighted by Crippen LogP contribution is -2.29. The van der Waals surface area contributed by atoms with Crippen molar-refractivity contribution in [3.63, 3.8) is 0 Å². The third-order valence-corrected chi connectivity index (χ3v) is 2.13. The number of likely N-dealkylation sites (tertiary alicyclic amines) is 1. The van der Waals surface area contributed by atoms with Gasteiger partial charge >= 0.3 is 0 Å². The van der Waals surface area contributed by atoms with Crippen LogP contribution in [0.2, 0.25) is 0 Å². The van der Waals surface area contributed by atoms with Crippen LogP contribution in [-0.2, 0) is 4.79 Å². The zero-order valence-corrected chi connectivity index (χ0v) is 7.33. The van der Waals surface area contributed by atoms with Crippen LogP contribution in [0.3, 0.4) is 0 Å². The summed E-state index contributed by atoms with van der Waals surface area (Å²) in [6.07, 6.45) is 2.50. The van der Waals surface area contributed by atoms with Gasteiger partial charge in [0.2, 0.25) is 5.91 Å².